The van der Waals surface area contributed by atoms with Crippen molar-refractivity contribution in [1.82, 2.24) is 9.80 Å². The van der Waals surface area contributed by atoms with Gasteiger partial charge in [0.2, 0.25) is 5.91 Å². The molecule has 1 saturated heterocycles. The number of halogens is 2. The second kappa shape index (κ2) is 11.3. The number of carbonyl (C=O) groups excluding carboxylic acids is 1. The Bertz CT molecular complexity index is 1090. The van der Waals surface area contributed by atoms with Gasteiger partial charge in [-0.2, -0.15) is 0 Å². The average Bonchev–Trinajstić information content (AvgIpc) is 2.87. The highest BCUT2D eigenvalue weighted by Crippen LogP contribution is 2.31. The molecule has 1 aliphatic heterocycles. The van der Waals surface area contributed by atoms with Crippen LogP contribution in [0.5, 0.6) is 11.5 Å². The Hall–Kier alpha value is -3.49. The maximum Gasteiger partial charge on any atom is 0.238 e. The number of benzene rings is 3. The fourth-order valence-electron chi connectivity index (χ4n) is 4.38. The van der Waals surface area contributed by atoms with E-state index in [1.165, 1.54) is 24.3 Å². The van der Waals surface area contributed by atoms with Gasteiger partial charge in [0.15, 0.2) is 0 Å². The number of piperazine rings is 1. The van der Waals surface area contributed by atoms with Gasteiger partial charge in [-0.1, -0.05) is 24.3 Å². The van der Waals surface area contributed by atoms with Crippen LogP contribution >= 0.6 is 0 Å². The van der Waals surface area contributed by atoms with Crippen molar-refractivity contribution in [3.63, 3.8) is 0 Å². The number of anilines is 1. The fraction of sp³-hybridized carbons (Fsp3) is 0.296. The summed E-state index contributed by atoms with van der Waals surface area (Å²) in [5.41, 5.74) is 2.47. The van der Waals surface area contributed by atoms with Crippen LogP contribution in [0.2, 0.25) is 0 Å². The highest BCUT2D eigenvalue weighted by Gasteiger charge is 2.27. The molecular formula is C27H29F2N3O3. The number of ether oxygens (including phenoxy) is 2. The summed E-state index contributed by atoms with van der Waals surface area (Å²) in [6, 6.07) is 18.0. The van der Waals surface area contributed by atoms with Crippen LogP contribution < -0.4 is 14.8 Å². The SMILES string of the molecule is COc1ccc(NC(=O)CN2CCN(C(c3ccc(F)cc3)c3ccc(F)cc3)CC2)c(OC)c1. The Morgan fingerprint density at radius 1 is 0.857 bits per heavy atom. The first-order valence-corrected chi connectivity index (χ1v) is 11.5. The van der Waals surface area contributed by atoms with Gasteiger partial charge in [-0.25, -0.2) is 8.78 Å². The molecule has 184 valence electrons. The minimum atomic E-state index is -0.295. The van der Waals surface area contributed by atoms with Crippen molar-refractivity contribution in [2.75, 3.05) is 52.3 Å². The Morgan fingerprint density at radius 3 is 1.94 bits per heavy atom. The van der Waals surface area contributed by atoms with Gasteiger partial charge in [0.05, 0.1) is 32.5 Å². The molecule has 0 saturated carbocycles. The molecule has 1 fully saturated rings. The van der Waals surface area contributed by atoms with Crippen LogP contribution in [0, 0.1) is 11.6 Å². The zero-order valence-electron chi connectivity index (χ0n) is 19.8. The molecule has 1 amide bonds. The first-order chi connectivity index (χ1) is 17.0. The molecule has 1 heterocycles. The van der Waals surface area contributed by atoms with Crippen LogP contribution in [-0.4, -0.2) is 62.7 Å². The smallest absolute Gasteiger partial charge is 0.238 e. The Morgan fingerprint density at radius 2 is 1.43 bits per heavy atom. The van der Waals surface area contributed by atoms with Gasteiger partial charge in [0.1, 0.15) is 23.1 Å². The number of rotatable bonds is 8. The van der Waals surface area contributed by atoms with Gasteiger partial charge >= 0.3 is 0 Å². The predicted octanol–water partition coefficient (Wildman–Crippen LogP) is 4.33. The van der Waals surface area contributed by atoms with Crippen molar-refractivity contribution in [3.8, 4) is 11.5 Å². The summed E-state index contributed by atoms with van der Waals surface area (Å²) in [5.74, 6) is 0.458. The molecule has 0 aliphatic carbocycles. The van der Waals surface area contributed by atoms with Crippen molar-refractivity contribution in [1.29, 1.82) is 0 Å². The maximum absolute atomic E-state index is 13.5. The summed E-state index contributed by atoms with van der Waals surface area (Å²) < 4.78 is 37.6. The highest BCUT2D eigenvalue weighted by atomic mass is 19.1. The summed E-state index contributed by atoms with van der Waals surface area (Å²) in [6.45, 7) is 3.04. The van der Waals surface area contributed by atoms with Crippen LogP contribution in [-0.2, 0) is 4.79 Å². The fourth-order valence-corrected chi connectivity index (χ4v) is 4.38. The monoisotopic (exact) mass is 481 g/mol. The minimum Gasteiger partial charge on any atom is -0.497 e. The first-order valence-electron chi connectivity index (χ1n) is 11.5. The van der Waals surface area contributed by atoms with E-state index in [-0.39, 0.29) is 30.1 Å². The van der Waals surface area contributed by atoms with Crippen LogP contribution in [0.3, 0.4) is 0 Å². The topological polar surface area (TPSA) is 54.0 Å². The predicted molar refractivity (Wildman–Crippen MR) is 131 cm³/mol. The van der Waals surface area contributed by atoms with Crippen molar-refractivity contribution in [2.45, 2.75) is 6.04 Å². The summed E-state index contributed by atoms with van der Waals surface area (Å²) in [4.78, 5) is 17.1. The molecule has 0 spiro atoms. The van der Waals surface area contributed by atoms with E-state index < -0.39 is 0 Å². The average molecular weight is 482 g/mol. The molecular weight excluding hydrogens is 452 g/mol. The van der Waals surface area contributed by atoms with E-state index in [9.17, 15) is 13.6 Å². The zero-order chi connectivity index (χ0) is 24.8. The normalized spacial score (nSPS) is 14.7. The molecule has 0 atom stereocenters. The van der Waals surface area contributed by atoms with Crippen LogP contribution in [0.15, 0.2) is 66.7 Å². The number of hydrogen-bond acceptors (Lipinski definition) is 5. The molecule has 0 aromatic heterocycles. The summed E-state index contributed by atoms with van der Waals surface area (Å²) in [7, 11) is 3.12. The molecule has 0 radical (unpaired) electrons. The number of carbonyl (C=O) groups is 1. The number of hydrogen-bond donors (Lipinski definition) is 1. The van der Waals surface area contributed by atoms with Crippen LogP contribution in [0.25, 0.3) is 0 Å². The lowest BCUT2D eigenvalue weighted by atomic mass is 9.96. The first kappa shape index (κ1) is 24.6. The van der Waals surface area contributed by atoms with Gasteiger partial charge in [0.25, 0.3) is 0 Å². The number of nitrogens with one attached hydrogen (secondary N) is 1. The van der Waals surface area contributed by atoms with E-state index in [0.29, 0.717) is 43.4 Å². The Kier molecular flexibility index (Phi) is 7.94. The standard InChI is InChI=1S/C27H29F2N3O3/c1-34-23-11-12-24(25(17-23)35-2)30-26(33)18-31-13-15-32(16-14-31)27(19-3-7-21(28)8-4-19)20-5-9-22(29)10-6-20/h3-12,17,27H,13-16,18H2,1-2H3,(H,30,33). The van der Waals surface area contributed by atoms with Crippen molar-refractivity contribution in [2.24, 2.45) is 0 Å². The Balaban J connectivity index is 1.40. The van der Waals surface area contributed by atoms with Gasteiger partial charge < -0.3 is 14.8 Å². The number of amides is 1. The molecule has 0 bridgehead atoms. The van der Waals surface area contributed by atoms with Crippen LogP contribution in [0.1, 0.15) is 17.2 Å². The molecule has 6 nitrogen and oxygen atoms in total. The minimum absolute atomic E-state index is 0.129. The van der Waals surface area contributed by atoms with Crippen LogP contribution in [0.4, 0.5) is 14.5 Å². The molecule has 35 heavy (non-hydrogen) atoms. The van der Waals surface area contributed by atoms with Crippen molar-refractivity contribution >= 4 is 11.6 Å². The van der Waals surface area contributed by atoms with Crippen molar-refractivity contribution < 1.29 is 23.0 Å². The van der Waals surface area contributed by atoms with E-state index in [2.05, 4.69) is 15.1 Å². The van der Waals surface area contributed by atoms with Gasteiger partial charge in [-0.05, 0) is 47.5 Å². The quantitative estimate of drug-likeness (QED) is 0.519. The molecule has 3 aromatic carbocycles. The lowest BCUT2D eigenvalue weighted by Gasteiger charge is -2.39. The van der Waals surface area contributed by atoms with Gasteiger partial charge in [-0.15, -0.1) is 0 Å². The van der Waals surface area contributed by atoms with Gasteiger partial charge in [0, 0.05) is 32.2 Å². The molecule has 8 heteroatoms. The Labute approximate surface area is 204 Å². The van der Waals surface area contributed by atoms with E-state index in [0.717, 1.165) is 11.1 Å². The second-order valence-corrected chi connectivity index (χ2v) is 8.43. The van der Waals surface area contributed by atoms with Gasteiger partial charge in [-0.3, -0.25) is 14.6 Å². The largest absolute Gasteiger partial charge is 0.497 e. The molecule has 1 aliphatic rings. The third kappa shape index (κ3) is 6.15. The van der Waals surface area contributed by atoms with E-state index in [4.69, 9.17) is 9.47 Å². The summed E-state index contributed by atoms with van der Waals surface area (Å²) in [6.07, 6.45) is 0. The third-order valence-electron chi connectivity index (χ3n) is 6.19. The van der Waals surface area contributed by atoms with E-state index >= 15 is 0 Å². The third-order valence-corrected chi connectivity index (χ3v) is 6.19. The lowest BCUT2D eigenvalue weighted by Crippen LogP contribution is -2.49. The number of nitrogens with zero attached hydrogens (tertiary/aromatic N) is 2. The molecule has 3 aromatic rings. The zero-order valence-corrected chi connectivity index (χ0v) is 19.8. The van der Waals surface area contributed by atoms with Crippen molar-refractivity contribution in [3.05, 3.63) is 89.5 Å². The number of methoxy groups -OCH3 is 2. The molecule has 4 rings (SSSR count). The van der Waals surface area contributed by atoms with E-state index in [1.54, 1.807) is 56.7 Å². The lowest BCUT2D eigenvalue weighted by molar-refractivity contribution is -0.117. The van der Waals surface area contributed by atoms with E-state index in [1.807, 2.05) is 0 Å². The molecule has 1 N–H and O–H groups in total. The highest BCUT2D eigenvalue weighted by molar-refractivity contribution is 5.93. The molecule has 0 unspecified atom stereocenters. The summed E-state index contributed by atoms with van der Waals surface area (Å²) >= 11 is 0. The maximum atomic E-state index is 13.5. The summed E-state index contributed by atoms with van der Waals surface area (Å²) in [5, 5.41) is 2.91. The second-order valence-electron chi connectivity index (χ2n) is 8.43.